The second-order valence-corrected chi connectivity index (χ2v) is 8.03. The third kappa shape index (κ3) is 2.87. The summed E-state index contributed by atoms with van der Waals surface area (Å²) in [6.45, 7) is 0. The maximum Gasteiger partial charge on any atom is 0.307 e. The average Bonchev–Trinajstić information content (AvgIpc) is 2.67. The quantitative estimate of drug-likeness (QED) is 0.761. The maximum atomic E-state index is 11.2. The van der Waals surface area contributed by atoms with E-state index < -0.39 is 18.0 Å². The minimum Gasteiger partial charge on any atom is -0.481 e. The number of halogens is 2. The van der Waals surface area contributed by atoms with E-state index in [-0.39, 0.29) is 5.92 Å². The van der Waals surface area contributed by atoms with Gasteiger partial charge in [-0.05, 0) is 50.8 Å². The molecule has 0 spiro atoms. The number of allylic oxidation sites excluding steroid dienone is 2. The van der Waals surface area contributed by atoms with Gasteiger partial charge in [-0.1, -0.05) is 12.2 Å². The monoisotopic (exact) mass is 394 g/mol. The summed E-state index contributed by atoms with van der Waals surface area (Å²) in [7, 11) is 0. The minimum atomic E-state index is -0.839. The van der Waals surface area contributed by atoms with Crippen molar-refractivity contribution in [2.75, 3.05) is 0 Å². The Hall–Kier alpha value is -0.170. The van der Waals surface area contributed by atoms with Crippen molar-refractivity contribution in [2.45, 2.75) is 18.9 Å². The topological polar surface area (TPSA) is 57.5 Å². The molecule has 0 aromatic carbocycles. The standard InChI is InChI=1S/C12H12Br2O3S/c13-9-5-8(11(14)18-9)10(15)6-3-1-2-4-7(6)12(16)17/h1-2,5-7,10,15H,3-4H2,(H,16,17). The fraction of sp³-hybridized carbons (Fsp3) is 0.417. The number of rotatable bonds is 3. The average molecular weight is 396 g/mol. The van der Waals surface area contributed by atoms with Gasteiger partial charge in [0.2, 0.25) is 0 Å². The fourth-order valence-electron chi connectivity index (χ4n) is 2.25. The Morgan fingerprint density at radius 1 is 1.39 bits per heavy atom. The van der Waals surface area contributed by atoms with Crippen molar-refractivity contribution in [3.8, 4) is 0 Å². The van der Waals surface area contributed by atoms with Crippen molar-refractivity contribution < 1.29 is 15.0 Å². The van der Waals surface area contributed by atoms with Gasteiger partial charge < -0.3 is 10.2 Å². The van der Waals surface area contributed by atoms with E-state index in [1.165, 1.54) is 11.3 Å². The molecular weight excluding hydrogens is 384 g/mol. The predicted octanol–water partition coefficient (Wildman–Crippen LogP) is 3.97. The maximum absolute atomic E-state index is 11.2. The third-order valence-electron chi connectivity index (χ3n) is 3.21. The lowest BCUT2D eigenvalue weighted by molar-refractivity contribution is -0.145. The first kappa shape index (κ1) is 14.2. The van der Waals surface area contributed by atoms with Crippen molar-refractivity contribution in [1.82, 2.24) is 0 Å². The molecule has 1 heterocycles. The summed E-state index contributed by atoms with van der Waals surface area (Å²) >= 11 is 8.25. The number of carboxylic acid groups (broad SMARTS) is 1. The summed E-state index contributed by atoms with van der Waals surface area (Å²) in [6, 6.07) is 1.84. The Morgan fingerprint density at radius 3 is 2.61 bits per heavy atom. The van der Waals surface area contributed by atoms with E-state index in [9.17, 15) is 15.0 Å². The summed E-state index contributed by atoms with van der Waals surface area (Å²) in [5, 5.41) is 19.6. The number of aliphatic hydroxyl groups is 1. The van der Waals surface area contributed by atoms with Crippen LogP contribution in [0.4, 0.5) is 0 Å². The van der Waals surface area contributed by atoms with Crippen molar-refractivity contribution >= 4 is 49.2 Å². The van der Waals surface area contributed by atoms with Crippen LogP contribution in [-0.2, 0) is 4.79 Å². The van der Waals surface area contributed by atoms with Crippen molar-refractivity contribution in [2.24, 2.45) is 11.8 Å². The lowest BCUT2D eigenvalue weighted by Crippen LogP contribution is -2.29. The van der Waals surface area contributed by atoms with Crippen LogP contribution >= 0.6 is 43.2 Å². The summed E-state index contributed by atoms with van der Waals surface area (Å²) in [4.78, 5) is 11.2. The number of hydrogen-bond donors (Lipinski definition) is 2. The first-order chi connectivity index (χ1) is 8.50. The molecule has 18 heavy (non-hydrogen) atoms. The van der Waals surface area contributed by atoms with Crippen molar-refractivity contribution in [3.63, 3.8) is 0 Å². The lowest BCUT2D eigenvalue weighted by atomic mass is 9.78. The second-order valence-electron chi connectivity index (χ2n) is 4.28. The molecule has 0 radical (unpaired) electrons. The van der Waals surface area contributed by atoms with Crippen LogP contribution in [0.15, 0.2) is 25.8 Å². The molecule has 0 saturated heterocycles. The third-order valence-corrected chi connectivity index (χ3v) is 5.59. The Morgan fingerprint density at radius 2 is 2.06 bits per heavy atom. The Labute approximate surface area is 126 Å². The molecule has 2 N–H and O–H groups in total. The highest BCUT2D eigenvalue weighted by atomic mass is 79.9. The van der Waals surface area contributed by atoms with E-state index in [2.05, 4.69) is 31.9 Å². The number of aliphatic hydroxyl groups excluding tert-OH is 1. The second kappa shape index (κ2) is 5.86. The molecule has 3 atom stereocenters. The SMILES string of the molecule is O=C(O)C1CC=CCC1C(O)c1cc(Br)sc1Br. The van der Waals surface area contributed by atoms with Gasteiger partial charge in [0.05, 0.1) is 19.6 Å². The molecule has 0 bridgehead atoms. The van der Waals surface area contributed by atoms with Gasteiger partial charge in [0.25, 0.3) is 0 Å². The highest BCUT2D eigenvalue weighted by Gasteiger charge is 2.35. The summed E-state index contributed by atoms with van der Waals surface area (Å²) in [6.07, 6.45) is 4.15. The van der Waals surface area contributed by atoms with Crippen molar-refractivity contribution in [3.05, 3.63) is 31.4 Å². The van der Waals surface area contributed by atoms with E-state index >= 15 is 0 Å². The van der Waals surface area contributed by atoms with E-state index in [0.717, 1.165) is 13.1 Å². The predicted molar refractivity (Wildman–Crippen MR) is 77.7 cm³/mol. The Bertz CT molecular complexity index is 484. The van der Waals surface area contributed by atoms with Crippen LogP contribution in [0, 0.1) is 11.8 Å². The van der Waals surface area contributed by atoms with Crippen LogP contribution in [-0.4, -0.2) is 16.2 Å². The highest BCUT2D eigenvalue weighted by Crippen LogP contribution is 2.42. The first-order valence-electron chi connectivity index (χ1n) is 5.51. The lowest BCUT2D eigenvalue weighted by Gasteiger charge is -2.29. The smallest absolute Gasteiger partial charge is 0.307 e. The normalized spacial score (nSPS) is 25.1. The molecule has 3 unspecified atom stereocenters. The van der Waals surface area contributed by atoms with Gasteiger partial charge in [-0.15, -0.1) is 11.3 Å². The zero-order valence-corrected chi connectivity index (χ0v) is 13.3. The molecule has 1 aromatic rings. The number of hydrogen-bond acceptors (Lipinski definition) is 3. The van der Waals surface area contributed by atoms with Crippen LogP contribution in [0.3, 0.4) is 0 Å². The zero-order valence-electron chi connectivity index (χ0n) is 9.35. The molecular formula is C12H12Br2O3S. The number of thiophene rings is 1. The van der Waals surface area contributed by atoms with Crippen molar-refractivity contribution in [1.29, 1.82) is 0 Å². The van der Waals surface area contributed by atoms with Gasteiger partial charge in [-0.25, -0.2) is 0 Å². The minimum absolute atomic E-state index is 0.273. The molecule has 0 aliphatic heterocycles. The van der Waals surface area contributed by atoms with E-state index in [1.807, 2.05) is 18.2 Å². The number of carbonyl (C=O) groups is 1. The van der Waals surface area contributed by atoms with Crippen LogP contribution in [0.1, 0.15) is 24.5 Å². The highest BCUT2D eigenvalue weighted by molar-refractivity contribution is 9.12. The van der Waals surface area contributed by atoms with Crippen LogP contribution in [0.25, 0.3) is 0 Å². The summed E-state index contributed by atoms with van der Waals surface area (Å²) in [5.41, 5.74) is 0.762. The number of carboxylic acids is 1. The van der Waals surface area contributed by atoms with Crippen LogP contribution in [0.5, 0.6) is 0 Å². The summed E-state index contributed by atoms with van der Waals surface area (Å²) in [5.74, 6) is -1.63. The van der Waals surface area contributed by atoms with Crippen LogP contribution < -0.4 is 0 Å². The largest absolute Gasteiger partial charge is 0.481 e. The molecule has 3 nitrogen and oxygen atoms in total. The first-order valence-corrected chi connectivity index (χ1v) is 7.91. The zero-order chi connectivity index (χ0) is 13.3. The van der Waals surface area contributed by atoms with Gasteiger partial charge >= 0.3 is 5.97 Å². The molecule has 6 heteroatoms. The molecule has 1 aromatic heterocycles. The van der Waals surface area contributed by atoms with Gasteiger partial charge in [-0.3, -0.25) is 4.79 Å². The van der Waals surface area contributed by atoms with Gasteiger partial charge in [-0.2, -0.15) is 0 Å². The summed E-state index contributed by atoms with van der Waals surface area (Å²) < 4.78 is 1.77. The molecule has 98 valence electrons. The Kier molecular flexibility index (Phi) is 4.64. The van der Waals surface area contributed by atoms with E-state index in [4.69, 9.17) is 0 Å². The van der Waals surface area contributed by atoms with Gasteiger partial charge in [0, 0.05) is 11.5 Å². The number of aliphatic carboxylic acids is 1. The fourth-order valence-corrected chi connectivity index (χ4v) is 5.16. The molecule has 0 fully saturated rings. The molecule has 0 amide bonds. The van der Waals surface area contributed by atoms with E-state index in [0.29, 0.717) is 12.8 Å². The van der Waals surface area contributed by atoms with Gasteiger partial charge in [0.15, 0.2) is 0 Å². The molecule has 1 aliphatic carbocycles. The molecule has 1 aliphatic rings. The molecule has 0 saturated carbocycles. The van der Waals surface area contributed by atoms with E-state index in [1.54, 1.807) is 0 Å². The molecule has 2 rings (SSSR count). The van der Waals surface area contributed by atoms with Gasteiger partial charge in [0.1, 0.15) is 0 Å². The Balaban J connectivity index is 2.26. The van der Waals surface area contributed by atoms with Crippen LogP contribution in [0.2, 0.25) is 0 Å².